The zero-order valence-corrected chi connectivity index (χ0v) is 11.8. The van der Waals surface area contributed by atoms with Crippen molar-refractivity contribution in [3.8, 4) is 5.75 Å². The Hall–Kier alpha value is -2.62. The Balaban J connectivity index is 2.41. The van der Waals surface area contributed by atoms with Crippen molar-refractivity contribution in [1.29, 1.82) is 0 Å². The van der Waals surface area contributed by atoms with Crippen molar-refractivity contribution in [2.75, 3.05) is 6.61 Å². The number of esters is 1. The van der Waals surface area contributed by atoms with Crippen LogP contribution in [0, 0.1) is 0 Å². The summed E-state index contributed by atoms with van der Waals surface area (Å²) >= 11 is 0. The second kappa shape index (κ2) is 7.24. The highest BCUT2D eigenvalue weighted by Crippen LogP contribution is 2.26. The van der Waals surface area contributed by atoms with Gasteiger partial charge in [-0.3, -0.25) is 0 Å². The Kier molecular flexibility index (Phi) is 5.10. The molecule has 0 spiro atoms. The molecule has 0 saturated heterocycles. The summed E-state index contributed by atoms with van der Waals surface area (Å²) in [5.41, 5.74) is 1.18. The number of rotatable bonds is 5. The number of aromatic hydroxyl groups is 1. The third-order valence-electron chi connectivity index (χ3n) is 2.79. The Labute approximate surface area is 123 Å². The van der Waals surface area contributed by atoms with Crippen molar-refractivity contribution >= 4 is 17.4 Å². The summed E-state index contributed by atoms with van der Waals surface area (Å²) in [5, 5.41) is 9.80. The zero-order valence-electron chi connectivity index (χ0n) is 11.8. The van der Waals surface area contributed by atoms with Crippen molar-refractivity contribution in [3.63, 3.8) is 0 Å². The lowest BCUT2D eigenvalue weighted by Gasteiger charge is -2.08. The van der Waals surface area contributed by atoms with Crippen LogP contribution >= 0.6 is 0 Å². The van der Waals surface area contributed by atoms with Gasteiger partial charge in [-0.15, -0.1) is 0 Å². The lowest BCUT2D eigenvalue weighted by molar-refractivity contribution is -0.135. The van der Waals surface area contributed by atoms with Gasteiger partial charge in [0.2, 0.25) is 0 Å². The van der Waals surface area contributed by atoms with Crippen LogP contribution in [0.2, 0.25) is 0 Å². The maximum atomic E-state index is 12.2. The average Bonchev–Trinajstić information content (AvgIpc) is 2.52. The van der Waals surface area contributed by atoms with E-state index in [4.69, 9.17) is 4.74 Å². The first-order valence-corrected chi connectivity index (χ1v) is 6.81. The van der Waals surface area contributed by atoms with Gasteiger partial charge in [0.25, 0.3) is 0 Å². The van der Waals surface area contributed by atoms with Gasteiger partial charge in [0.1, 0.15) is 11.4 Å². The SMILES string of the molecule is CCCOC(=O)C(=Nc1ccccc1O)c1ccccc1. The summed E-state index contributed by atoms with van der Waals surface area (Å²) in [6.45, 7) is 2.26. The number of phenolic OH excluding ortho intramolecular Hbond substituents is 1. The van der Waals surface area contributed by atoms with Crippen LogP contribution in [-0.2, 0) is 9.53 Å². The molecule has 0 saturated carbocycles. The molecule has 0 fully saturated rings. The molecule has 4 nitrogen and oxygen atoms in total. The molecule has 108 valence electrons. The molecule has 0 aliphatic carbocycles. The molecule has 21 heavy (non-hydrogen) atoms. The number of aliphatic imine (C=N–C) groups is 1. The van der Waals surface area contributed by atoms with E-state index in [1.807, 2.05) is 25.1 Å². The van der Waals surface area contributed by atoms with Gasteiger partial charge in [0, 0.05) is 5.56 Å². The Morgan fingerprint density at radius 1 is 1.10 bits per heavy atom. The molecule has 1 N–H and O–H groups in total. The smallest absolute Gasteiger partial charge is 0.357 e. The van der Waals surface area contributed by atoms with E-state index in [0.717, 1.165) is 6.42 Å². The number of nitrogens with zero attached hydrogens (tertiary/aromatic N) is 1. The molecule has 0 aliphatic rings. The molecule has 0 bridgehead atoms. The monoisotopic (exact) mass is 283 g/mol. The third kappa shape index (κ3) is 3.92. The van der Waals surface area contributed by atoms with Crippen LogP contribution in [0.25, 0.3) is 0 Å². The van der Waals surface area contributed by atoms with Gasteiger partial charge < -0.3 is 9.84 Å². The number of phenols is 1. The Morgan fingerprint density at radius 3 is 2.43 bits per heavy atom. The van der Waals surface area contributed by atoms with E-state index < -0.39 is 5.97 Å². The number of para-hydroxylation sites is 2. The minimum atomic E-state index is -0.494. The number of hydrogen-bond donors (Lipinski definition) is 1. The molecule has 2 aromatic rings. The summed E-state index contributed by atoms with van der Waals surface area (Å²) in [6.07, 6.45) is 0.740. The van der Waals surface area contributed by atoms with E-state index in [2.05, 4.69) is 4.99 Å². The fourth-order valence-corrected chi connectivity index (χ4v) is 1.77. The van der Waals surface area contributed by atoms with E-state index in [1.54, 1.807) is 30.3 Å². The van der Waals surface area contributed by atoms with Crippen LogP contribution in [-0.4, -0.2) is 23.4 Å². The maximum absolute atomic E-state index is 12.2. The molecule has 2 rings (SSSR count). The second-order valence-electron chi connectivity index (χ2n) is 4.45. The zero-order chi connectivity index (χ0) is 15.1. The predicted octanol–water partition coefficient (Wildman–Crippen LogP) is 3.47. The molecule has 4 heteroatoms. The number of hydrogen-bond acceptors (Lipinski definition) is 4. The molecular weight excluding hydrogens is 266 g/mol. The van der Waals surface area contributed by atoms with E-state index in [1.165, 1.54) is 6.07 Å². The van der Waals surface area contributed by atoms with E-state index in [9.17, 15) is 9.90 Å². The van der Waals surface area contributed by atoms with Crippen LogP contribution < -0.4 is 0 Å². The van der Waals surface area contributed by atoms with Crippen LogP contribution in [0.15, 0.2) is 59.6 Å². The van der Waals surface area contributed by atoms with E-state index in [-0.39, 0.29) is 11.5 Å². The first-order valence-electron chi connectivity index (χ1n) is 6.81. The van der Waals surface area contributed by atoms with Gasteiger partial charge in [-0.25, -0.2) is 9.79 Å². The van der Waals surface area contributed by atoms with E-state index in [0.29, 0.717) is 17.9 Å². The first kappa shape index (κ1) is 14.8. The summed E-state index contributed by atoms with van der Waals surface area (Å²) in [6, 6.07) is 15.7. The van der Waals surface area contributed by atoms with Crippen LogP contribution in [0.5, 0.6) is 5.75 Å². The van der Waals surface area contributed by atoms with Gasteiger partial charge in [-0.05, 0) is 18.6 Å². The standard InChI is InChI=1S/C17H17NO3/c1-2-12-21-17(20)16(13-8-4-3-5-9-13)18-14-10-6-7-11-15(14)19/h3-11,19H,2,12H2,1H3. The summed E-state index contributed by atoms with van der Waals surface area (Å²) in [7, 11) is 0. The van der Waals surface area contributed by atoms with Crippen molar-refractivity contribution in [2.24, 2.45) is 4.99 Å². The number of benzene rings is 2. The normalized spacial score (nSPS) is 11.2. The van der Waals surface area contributed by atoms with Crippen molar-refractivity contribution < 1.29 is 14.6 Å². The number of carbonyl (C=O) groups excluding carboxylic acids is 1. The van der Waals surface area contributed by atoms with Crippen molar-refractivity contribution in [2.45, 2.75) is 13.3 Å². The van der Waals surface area contributed by atoms with Gasteiger partial charge in [-0.1, -0.05) is 49.4 Å². The molecule has 0 unspecified atom stereocenters. The van der Waals surface area contributed by atoms with Gasteiger partial charge >= 0.3 is 5.97 Å². The minimum Gasteiger partial charge on any atom is -0.506 e. The highest BCUT2D eigenvalue weighted by Gasteiger charge is 2.16. The van der Waals surface area contributed by atoms with Crippen molar-refractivity contribution in [1.82, 2.24) is 0 Å². The summed E-state index contributed by atoms with van der Waals surface area (Å²) in [4.78, 5) is 16.5. The fraction of sp³-hybridized carbons (Fsp3) is 0.176. The van der Waals surface area contributed by atoms with Crippen LogP contribution in [0.4, 0.5) is 5.69 Å². The summed E-state index contributed by atoms with van der Waals surface area (Å²) in [5.74, 6) is -0.472. The highest BCUT2D eigenvalue weighted by molar-refractivity contribution is 6.43. The maximum Gasteiger partial charge on any atom is 0.357 e. The van der Waals surface area contributed by atoms with Gasteiger partial charge in [-0.2, -0.15) is 0 Å². The van der Waals surface area contributed by atoms with Crippen molar-refractivity contribution in [3.05, 3.63) is 60.2 Å². The third-order valence-corrected chi connectivity index (χ3v) is 2.79. The van der Waals surface area contributed by atoms with Gasteiger partial charge in [0.05, 0.1) is 6.61 Å². The predicted molar refractivity (Wildman–Crippen MR) is 82.0 cm³/mol. The molecule has 2 aromatic carbocycles. The molecule has 0 aromatic heterocycles. The Morgan fingerprint density at radius 2 is 1.76 bits per heavy atom. The second-order valence-corrected chi connectivity index (χ2v) is 4.45. The largest absolute Gasteiger partial charge is 0.506 e. The average molecular weight is 283 g/mol. The lowest BCUT2D eigenvalue weighted by Crippen LogP contribution is -2.19. The molecule has 0 radical (unpaired) electrons. The molecule has 0 heterocycles. The quantitative estimate of drug-likeness (QED) is 0.675. The van der Waals surface area contributed by atoms with Crippen LogP contribution in [0.3, 0.4) is 0 Å². The number of carbonyl (C=O) groups is 1. The first-order chi connectivity index (χ1) is 10.2. The molecule has 0 aliphatic heterocycles. The van der Waals surface area contributed by atoms with Gasteiger partial charge in [0.15, 0.2) is 5.71 Å². The van der Waals surface area contributed by atoms with Crippen LogP contribution in [0.1, 0.15) is 18.9 Å². The lowest BCUT2D eigenvalue weighted by atomic mass is 10.1. The minimum absolute atomic E-state index is 0.0224. The highest BCUT2D eigenvalue weighted by atomic mass is 16.5. The Bertz CT molecular complexity index is 635. The summed E-state index contributed by atoms with van der Waals surface area (Å²) < 4.78 is 5.17. The van der Waals surface area contributed by atoms with E-state index >= 15 is 0 Å². The fourth-order valence-electron chi connectivity index (χ4n) is 1.77. The molecule has 0 amide bonds. The molecular formula is C17H17NO3. The topological polar surface area (TPSA) is 58.9 Å². The molecule has 0 atom stereocenters. The number of ether oxygens (including phenoxy) is 1.